The smallest absolute Gasteiger partial charge is 0.270 e. The molecule has 21 heavy (non-hydrogen) atoms. The van der Waals surface area contributed by atoms with E-state index in [1.165, 1.54) is 16.7 Å². The van der Waals surface area contributed by atoms with Crippen molar-refractivity contribution in [2.75, 3.05) is 4.90 Å². The fourth-order valence-corrected chi connectivity index (χ4v) is 3.16. The summed E-state index contributed by atoms with van der Waals surface area (Å²) in [6.45, 7) is 0. The summed E-state index contributed by atoms with van der Waals surface area (Å²) in [5, 5.41) is 7.60. The average Bonchev–Trinajstić information content (AvgIpc) is 2.81. The van der Waals surface area contributed by atoms with E-state index in [9.17, 15) is 4.79 Å². The van der Waals surface area contributed by atoms with E-state index in [1.807, 2.05) is 60.7 Å². The van der Waals surface area contributed by atoms with Crippen LogP contribution < -0.4 is 4.90 Å². The Hall–Kier alpha value is -2.05. The summed E-state index contributed by atoms with van der Waals surface area (Å²) in [4.78, 5) is 13.9. The third-order valence-corrected chi connectivity index (χ3v) is 4.25. The van der Waals surface area contributed by atoms with Crippen LogP contribution in [0.1, 0.15) is 0 Å². The average molecular weight is 313 g/mol. The Kier molecular flexibility index (Phi) is 4.08. The lowest BCUT2D eigenvalue weighted by Gasteiger charge is -2.14. The molecule has 1 atom stereocenters. The zero-order valence-electron chi connectivity index (χ0n) is 10.9. The number of thiocarbonyl (C=S) groups is 1. The molecule has 104 valence electrons. The SMILES string of the molecule is O=C1C(N=Nc2ccccc2)SC(=S)N1c1ccccc1. The minimum Gasteiger partial charge on any atom is -0.270 e. The molecule has 1 heterocycles. The molecule has 2 aromatic carbocycles. The molecule has 1 aliphatic rings. The number of azo groups is 1. The fraction of sp³-hybridized carbons (Fsp3) is 0.0667. The molecule has 1 fully saturated rings. The fourth-order valence-electron chi connectivity index (χ4n) is 1.90. The van der Waals surface area contributed by atoms with Gasteiger partial charge in [0, 0.05) is 0 Å². The van der Waals surface area contributed by atoms with Crippen molar-refractivity contribution in [2.45, 2.75) is 5.37 Å². The molecule has 1 aliphatic heterocycles. The lowest BCUT2D eigenvalue weighted by atomic mass is 10.3. The van der Waals surface area contributed by atoms with Crippen LogP contribution in [0.3, 0.4) is 0 Å². The number of hydrogen-bond acceptors (Lipinski definition) is 5. The summed E-state index contributed by atoms with van der Waals surface area (Å²) in [5.74, 6) is -0.157. The lowest BCUT2D eigenvalue weighted by Crippen LogP contribution is -2.30. The van der Waals surface area contributed by atoms with E-state index in [0.717, 1.165) is 11.4 Å². The number of hydrogen-bond donors (Lipinski definition) is 0. The van der Waals surface area contributed by atoms with E-state index >= 15 is 0 Å². The molecule has 0 N–H and O–H groups in total. The Morgan fingerprint density at radius 3 is 2.29 bits per heavy atom. The van der Waals surface area contributed by atoms with Gasteiger partial charge in [-0.25, -0.2) is 0 Å². The van der Waals surface area contributed by atoms with Gasteiger partial charge in [0.1, 0.15) is 4.32 Å². The highest BCUT2D eigenvalue weighted by molar-refractivity contribution is 8.25. The van der Waals surface area contributed by atoms with Gasteiger partial charge >= 0.3 is 0 Å². The van der Waals surface area contributed by atoms with E-state index in [2.05, 4.69) is 10.2 Å². The van der Waals surface area contributed by atoms with Crippen LogP contribution in [0.15, 0.2) is 70.9 Å². The first-order chi connectivity index (χ1) is 10.3. The van der Waals surface area contributed by atoms with Crippen LogP contribution in [-0.4, -0.2) is 15.6 Å². The van der Waals surface area contributed by atoms with Crippen molar-refractivity contribution in [3.05, 3.63) is 60.7 Å². The van der Waals surface area contributed by atoms with Crippen LogP contribution in [0.2, 0.25) is 0 Å². The zero-order valence-corrected chi connectivity index (χ0v) is 12.6. The van der Waals surface area contributed by atoms with Crippen LogP contribution in [0.25, 0.3) is 0 Å². The molecular formula is C15H11N3OS2. The number of carbonyl (C=O) groups is 1. The number of anilines is 1. The maximum absolute atomic E-state index is 12.4. The molecule has 6 heteroatoms. The van der Waals surface area contributed by atoms with Gasteiger partial charge in [-0.15, -0.1) is 0 Å². The van der Waals surface area contributed by atoms with E-state index in [4.69, 9.17) is 12.2 Å². The second kappa shape index (κ2) is 6.15. The predicted molar refractivity (Wildman–Crippen MR) is 88.9 cm³/mol. The molecule has 0 bridgehead atoms. The summed E-state index contributed by atoms with van der Waals surface area (Å²) in [7, 11) is 0. The molecule has 1 saturated heterocycles. The number of nitrogens with zero attached hydrogens (tertiary/aromatic N) is 3. The number of carbonyl (C=O) groups excluding carboxylic acids is 1. The molecule has 0 saturated carbocycles. The maximum Gasteiger partial charge on any atom is 0.270 e. The van der Waals surface area contributed by atoms with Crippen molar-refractivity contribution in [3.63, 3.8) is 0 Å². The van der Waals surface area contributed by atoms with E-state index in [1.54, 1.807) is 0 Å². The van der Waals surface area contributed by atoms with Gasteiger partial charge in [0.05, 0.1) is 11.4 Å². The van der Waals surface area contributed by atoms with Crippen molar-refractivity contribution < 1.29 is 4.79 Å². The normalized spacial score (nSPS) is 18.7. The van der Waals surface area contributed by atoms with Gasteiger partial charge in [-0.1, -0.05) is 60.4 Å². The summed E-state index contributed by atoms with van der Waals surface area (Å²) in [6, 6.07) is 18.7. The quantitative estimate of drug-likeness (QED) is 0.631. The van der Waals surface area contributed by atoms with Crippen molar-refractivity contribution in [1.29, 1.82) is 0 Å². The van der Waals surface area contributed by atoms with Gasteiger partial charge in [-0.05, 0) is 24.3 Å². The first-order valence-electron chi connectivity index (χ1n) is 6.31. The zero-order chi connectivity index (χ0) is 14.7. The Morgan fingerprint density at radius 1 is 1.00 bits per heavy atom. The number of amides is 1. The van der Waals surface area contributed by atoms with Crippen LogP contribution in [0, 0.1) is 0 Å². The minimum absolute atomic E-state index is 0.157. The van der Waals surface area contributed by atoms with Crippen molar-refractivity contribution in [3.8, 4) is 0 Å². The van der Waals surface area contributed by atoms with Crippen LogP contribution in [0.5, 0.6) is 0 Å². The Bertz CT molecular complexity index is 689. The predicted octanol–water partition coefficient (Wildman–Crippen LogP) is 4.16. The van der Waals surface area contributed by atoms with Gasteiger partial charge in [-0.2, -0.15) is 10.2 Å². The van der Waals surface area contributed by atoms with Gasteiger partial charge in [-0.3, -0.25) is 9.69 Å². The summed E-state index contributed by atoms with van der Waals surface area (Å²) >= 11 is 6.52. The van der Waals surface area contributed by atoms with Crippen LogP contribution >= 0.6 is 24.0 Å². The Labute approximate surface area is 131 Å². The van der Waals surface area contributed by atoms with Crippen molar-refractivity contribution in [2.24, 2.45) is 10.2 Å². The third-order valence-electron chi connectivity index (χ3n) is 2.88. The second-order valence-corrected chi connectivity index (χ2v) is 6.01. The minimum atomic E-state index is -0.613. The van der Waals surface area contributed by atoms with Gasteiger partial charge in [0.25, 0.3) is 5.91 Å². The first kappa shape index (κ1) is 13.9. The third kappa shape index (κ3) is 3.01. The van der Waals surface area contributed by atoms with Crippen LogP contribution in [-0.2, 0) is 4.79 Å². The number of para-hydroxylation sites is 1. The van der Waals surface area contributed by atoms with Gasteiger partial charge < -0.3 is 0 Å². The molecule has 1 amide bonds. The molecule has 0 spiro atoms. The van der Waals surface area contributed by atoms with Gasteiger partial charge in [0.15, 0.2) is 0 Å². The molecule has 2 aromatic rings. The summed E-state index contributed by atoms with van der Waals surface area (Å²) < 4.78 is 0.503. The number of benzene rings is 2. The molecule has 0 radical (unpaired) electrons. The number of rotatable bonds is 3. The van der Waals surface area contributed by atoms with Crippen molar-refractivity contribution >= 4 is 45.6 Å². The molecular weight excluding hydrogens is 302 g/mol. The van der Waals surface area contributed by atoms with E-state index in [-0.39, 0.29) is 5.91 Å². The topological polar surface area (TPSA) is 45.0 Å². The van der Waals surface area contributed by atoms with Crippen molar-refractivity contribution in [1.82, 2.24) is 0 Å². The molecule has 0 aromatic heterocycles. The highest BCUT2D eigenvalue weighted by atomic mass is 32.2. The Balaban J connectivity index is 1.80. The molecule has 4 nitrogen and oxygen atoms in total. The lowest BCUT2D eigenvalue weighted by molar-refractivity contribution is -0.116. The molecule has 1 unspecified atom stereocenters. The Morgan fingerprint density at radius 2 is 1.62 bits per heavy atom. The molecule has 3 rings (SSSR count). The maximum atomic E-state index is 12.4. The highest BCUT2D eigenvalue weighted by Crippen LogP contribution is 2.33. The van der Waals surface area contributed by atoms with E-state index in [0.29, 0.717) is 4.32 Å². The second-order valence-electron chi connectivity index (χ2n) is 4.30. The summed E-state index contributed by atoms with van der Waals surface area (Å²) in [6.07, 6.45) is 0. The standard InChI is InChI=1S/C15H11N3OS2/c19-14-13(17-16-11-7-3-1-4-8-11)21-15(20)18(14)12-9-5-2-6-10-12/h1-10,13H. The largest absolute Gasteiger partial charge is 0.270 e. The van der Waals surface area contributed by atoms with Gasteiger partial charge in [0.2, 0.25) is 5.37 Å². The van der Waals surface area contributed by atoms with Crippen LogP contribution in [0.4, 0.5) is 11.4 Å². The molecule has 0 aliphatic carbocycles. The summed E-state index contributed by atoms with van der Waals surface area (Å²) in [5.41, 5.74) is 1.48. The monoisotopic (exact) mass is 313 g/mol. The first-order valence-corrected chi connectivity index (χ1v) is 7.60. The van der Waals surface area contributed by atoms with E-state index < -0.39 is 5.37 Å². The number of thioether (sulfide) groups is 1. The highest BCUT2D eigenvalue weighted by Gasteiger charge is 2.38.